The SMILES string of the molecule is CC(C)c1ccc(NC(=O)CN2CC[C@H]3NC(=O)[C@H](Cc4ccccc4)NC(=O)C4(C/C=C/C[C@H]3C2)CCOCC4)cc1. The van der Waals surface area contributed by atoms with E-state index in [-0.39, 0.29) is 29.7 Å². The third kappa shape index (κ3) is 8.12. The maximum Gasteiger partial charge on any atom is 0.243 e. The zero-order valence-corrected chi connectivity index (χ0v) is 25.5. The van der Waals surface area contributed by atoms with Gasteiger partial charge in [0.2, 0.25) is 17.7 Å². The van der Waals surface area contributed by atoms with Gasteiger partial charge in [-0.2, -0.15) is 0 Å². The van der Waals surface area contributed by atoms with Gasteiger partial charge in [-0.25, -0.2) is 0 Å². The summed E-state index contributed by atoms with van der Waals surface area (Å²) in [6.07, 6.45) is 8.16. The number of hydrogen-bond donors (Lipinski definition) is 3. The number of nitrogens with zero attached hydrogens (tertiary/aromatic N) is 1. The number of carbonyl (C=O) groups is 3. The summed E-state index contributed by atoms with van der Waals surface area (Å²) in [4.78, 5) is 42.7. The topological polar surface area (TPSA) is 99.8 Å². The van der Waals surface area contributed by atoms with Crippen molar-refractivity contribution in [2.24, 2.45) is 11.3 Å². The van der Waals surface area contributed by atoms with E-state index in [9.17, 15) is 14.4 Å². The number of rotatable bonds is 6. The molecule has 3 aliphatic rings. The van der Waals surface area contributed by atoms with Crippen LogP contribution in [0.4, 0.5) is 5.69 Å². The summed E-state index contributed by atoms with van der Waals surface area (Å²) >= 11 is 0. The standard InChI is InChI=1S/C35H46N4O4/c1-25(2)27-11-13-29(14-12-27)36-32(40)24-39-19-15-30-28(23-39)10-6-7-16-35(17-20-43-21-18-35)34(42)38-31(33(41)37-30)22-26-8-4-3-5-9-26/h3-9,11-14,25,28,30-31H,10,15-24H2,1-2H3,(H,36,40)(H,37,41)(H,38,42)/b7-6+/t28-,30+,31-/m0/s1. The van der Waals surface area contributed by atoms with Crippen LogP contribution in [0.5, 0.6) is 0 Å². The van der Waals surface area contributed by atoms with Gasteiger partial charge in [0.25, 0.3) is 0 Å². The van der Waals surface area contributed by atoms with Crippen molar-refractivity contribution in [3.8, 4) is 0 Å². The van der Waals surface area contributed by atoms with Crippen LogP contribution in [0.2, 0.25) is 0 Å². The lowest BCUT2D eigenvalue weighted by Crippen LogP contribution is -2.58. The minimum Gasteiger partial charge on any atom is -0.381 e. The Labute approximate surface area is 255 Å². The zero-order chi connectivity index (χ0) is 30.2. The lowest BCUT2D eigenvalue weighted by atomic mass is 9.75. The van der Waals surface area contributed by atoms with E-state index in [0.29, 0.717) is 64.4 Å². The summed E-state index contributed by atoms with van der Waals surface area (Å²) in [5.74, 6) is 0.364. The largest absolute Gasteiger partial charge is 0.381 e. The van der Waals surface area contributed by atoms with Crippen molar-refractivity contribution < 1.29 is 19.1 Å². The molecule has 2 saturated heterocycles. The van der Waals surface area contributed by atoms with E-state index in [1.165, 1.54) is 5.56 Å². The minimum atomic E-state index is -0.662. The molecule has 3 atom stereocenters. The number of amides is 3. The van der Waals surface area contributed by atoms with Crippen molar-refractivity contribution in [1.29, 1.82) is 0 Å². The Morgan fingerprint density at radius 2 is 1.77 bits per heavy atom. The normalized spacial score (nSPS) is 25.5. The predicted molar refractivity (Wildman–Crippen MR) is 169 cm³/mol. The van der Waals surface area contributed by atoms with E-state index in [1.54, 1.807) is 0 Å². The maximum absolute atomic E-state index is 13.8. The first kappa shape index (κ1) is 31.0. The molecule has 0 radical (unpaired) electrons. The fourth-order valence-corrected chi connectivity index (χ4v) is 6.55. The van der Waals surface area contributed by atoms with Gasteiger partial charge in [0.15, 0.2) is 0 Å². The Kier molecular flexibility index (Phi) is 10.3. The molecule has 0 saturated carbocycles. The molecule has 3 amide bonds. The fraction of sp³-hybridized carbons (Fsp3) is 0.514. The summed E-state index contributed by atoms with van der Waals surface area (Å²) in [7, 11) is 0. The highest BCUT2D eigenvalue weighted by Gasteiger charge is 2.41. The molecular formula is C35H46N4O4. The summed E-state index contributed by atoms with van der Waals surface area (Å²) in [6.45, 7) is 7.12. The molecule has 8 nitrogen and oxygen atoms in total. The summed E-state index contributed by atoms with van der Waals surface area (Å²) in [6, 6.07) is 17.2. The monoisotopic (exact) mass is 586 g/mol. The number of hydrogen-bond acceptors (Lipinski definition) is 5. The van der Waals surface area contributed by atoms with E-state index in [1.807, 2.05) is 42.5 Å². The second-order valence-electron chi connectivity index (χ2n) is 12.7. The van der Waals surface area contributed by atoms with Crippen LogP contribution in [0.1, 0.15) is 63.0 Å². The minimum absolute atomic E-state index is 0.0319. The average molecular weight is 587 g/mol. The molecular weight excluding hydrogens is 540 g/mol. The first-order valence-electron chi connectivity index (χ1n) is 15.8. The number of carbonyl (C=O) groups excluding carboxylic acids is 3. The molecule has 3 N–H and O–H groups in total. The van der Waals surface area contributed by atoms with Crippen molar-refractivity contribution in [2.45, 2.75) is 70.4 Å². The van der Waals surface area contributed by atoms with Gasteiger partial charge < -0.3 is 20.7 Å². The number of nitrogens with one attached hydrogen (secondary N) is 3. The van der Waals surface area contributed by atoms with Crippen LogP contribution in [-0.2, 0) is 25.5 Å². The third-order valence-electron chi connectivity index (χ3n) is 9.32. The third-order valence-corrected chi connectivity index (χ3v) is 9.32. The molecule has 2 fully saturated rings. The average Bonchev–Trinajstić information content (AvgIpc) is 3.00. The van der Waals surface area contributed by atoms with E-state index in [0.717, 1.165) is 24.1 Å². The summed E-state index contributed by atoms with van der Waals surface area (Å²) < 4.78 is 5.61. The lowest BCUT2D eigenvalue weighted by molar-refractivity contribution is -0.140. The summed E-state index contributed by atoms with van der Waals surface area (Å²) in [5.41, 5.74) is 2.48. The smallest absolute Gasteiger partial charge is 0.243 e. The van der Waals surface area contributed by atoms with Crippen molar-refractivity contribution in [3.05, 3.63) is 77.9 Å². The van der Waals surface area contributed by atoms with Crippen molar-refractivity contribution in [1.82, 2.24) is 15.5 Å². The Balaban J connectivity index is 1.29. The van der Waals surface area contributed by atoms with Crippen LogP contribution in [-0.4, -0.2) is 67.6 Å². The summed E-state index contributed by atoms with van der Waals surface area (Å²) in [5, 5.41) is 9.50. The molecule has 230 valence electrons. The lowest BCUT2D eigenvalue weighted by Gasteiger charge is -2.40. The second kappa shape index (κ2) is 14.3. The number of allylic oxidation sites excluding steroid dienone is 2. The highest BCUT2D eigenvalue weighted by Crippen LogP contribution is 2.36. The van der Waals surface area contributed by atoms with Crippen LogP contribution in [0.15, 0.2) is 66.7 Å². The van der Waals surface area contributed by atoms with Crippen LogP contribution in [0.25, 0.3) is 0 Å². The Hall–Kier alpha value is -3.49. The van der Waals surface area contributed by atoms with Crippen molar-refractivity contribution >= 4 is 23.4 Å². The molecule has 43 heavy (non-hydrogen) atoms. The number of piperidine rings is 1. The number of fused-ring (bicyclic) bond motifs is 1. The second-order valence-corrected chi connectivity index (χ2v) is 12.7. The highest BCUT2D eigenvalue weighted by atomic mass is 16.5. The molecule has 3 aliphatic heterocycles. The van der Waals surface area contributed by atoms with Crippen molar-refractivity contribution in [2.75, 3.05) is 38.2 Å². The fourth-order valence-electron chi connectivity index (χ4n) is 6.55. The molecule has 0 aliphatic carbocycles. The van der Waals surface area contributed by atoms with Crippen LogP contribution >= 0.6 is 0 Å². The Morgan fingerprint density at radius 3 is 2.49 bits per heavy atom. The van der Waals surface area contributed by atoms with E-state index >= 15 is 0 Å². The van der Waals surface area contributed by atoms with Crippen LogP contribution in [0.3, 0.4) is 0 Å². The van der Waals surface area contributed by atoms with E-state index in [2.05, 4.69) is 59.0 Å². The van der Waals surface area contributed by atoms with Gasteiger partial charge in [0.1, 0.15) is 6.04 Å². The molecule has 8 heteroatoms. The number of benzene rings is 2. The van der Waals surface area contributed by atoms with Gasteiger partial charge in [0.05, 0.1) is 12.0 Å². The zero-order valence-electron chi connectivity index (χ0n) is 25.5. The molecule has 0 aromatic heterocycles. The highest BCUT2D eigenvalue weighted by molar-refractivity contribution is 5.92. The first-order chi connectivity index (χ1) is 20.8. The van der Waals surface area contributed by atoms with E-state index < -0.39 is 11.5 Å². The first-order valence-corrected chi connectivity index (χ1v) is 15.8. The molecule has 2 aromatic rings. The van der Waals surface area contributed by atoms with Gasteiger partial charge in [-0.05, 0) is 67.2 Å². The maximum atomic E-state index is 13.8. The number of likely N-dealkylation sites (tertiary alicyclic amines) is 1. The van der Waals surface area contributed by atoms with Crippen LogP contribution < -0.4 is 16.0 Å². The Bertz CT molecular complexity index is 1270. The van der Waals surface area contributed by atoms with Gasteiger partial charge in [-0.3, -0.25) is 19.3 Å². The Morgan fingerprint density at radius 1 is 1.02 bits per heavy atom. The predicted octanol–water partition coefficient (Wildman–Crippen LogP) is 4.43. The molecule has 0 unspecified atom stereocenters. The van der Waals surface area contributed by atoms with Crippen LogP contribution in [0, 0.1) is 11.3 Å². The number of anilines is 1. The van der Waals surface area contributed by atoms with Crippen molar-refractivity contribution in [3.63, 3.8) is 0 Å². The quantitative estimate of drug-likeness (QED) is 0.435. The van der Waals surface area contributed by atoms with Gasteiger partial charge >= 0.3 is 0 Å². The molecule has 1 spiro atoms. The number of ether oxygens (including phenoxy) is 1. The van der Waals surface area contributed by atoms with Gasteiger partial charge in [0, 0.05) is 44.5 Å². The molecule has 0 bridgehead atoms. The molecule has 2 aromatic carbocycles. The van der Waals surface area contributed by atoms with Gasteiger partial charge in [-0.1, -0.05) is 68.5 Å². The van der Waals surface area contributed by atoms with E-state index in [4.69, 9.17) is 4.74 Å². The van der Waals surface area contributed by atoms with Gasteiger partial charge in [-0.15, -0.1) is 0 Å². The molecule has 5 rings (SSSR count). The molecule has 3 heterocycles.